The molecule has 0 aliphatic heterocycles. The van der Waals surface area contributed by atoms with Crippen molar-refractivity contribution in [3.63, 3.8) is 0 Å². The molecule has 0 saturated heterocycles. The number of fused-ring (bicyclic) bond motifs is 3. The van der Waals surface area contributed by atoms with Crippen LogP contribution >= 0.6 is 11.3 Å². The van der Waals surface area contributed by atoms with Gasteiger partial charge in [0.2, 0.25) is 5.88 Å². The van der Waals surface area contributed by atoms with Crippen molar-refractivity contribution in [3.8, 4) is 5.88 Å². The van der Waals surface area contributed by atoms with Gasteiger partial charge in [-0.25, -0.2) is 9.97 Å². The van der Waals surface area contributed by atoms with Crippen LogP contribution in [0.1, 0.15) is 68.2 Å². The fourth-order valence-corrected chi connectivity index (χ4v) is 5.53. The van der Waals surface area contributed by atoms with E-state index in [4.69, 9.17) is 4.74 Å². The van der Waals surface area contributed by atoms with Crippen molar-refractivity contribution < 1.29 is 9.53 Å². The third-order valence-corrected chi connectivity index (χ3v) is 6.90. The van der Waals surface area contributed by atoms with E-state index in [1.165, 1.54) is 29.7 Å². The second-order valence-corrected chi connectivity index (χ2v) is 8.19. The summed E-state index contributed by atoms with van der Waals surface area (Å²) in [5.74, 6) is 1.92. The Balaban J connectivity index is 1.63. The van der Waals surface area contributed by atoms with Crippen LogP contribution in [0.15, 0.2) is 6.33 Å². The van der Waals surface area contributed by atoms with Crippen LogP contribution in [-0.4, -0.2) is 22.4 Å². The molecule has 2 aliphatic carbocycles. The molecule has 0 spiro atoms. The molecule has 0 radical (unpaired) electrons. The van der Waals surface area contributed by atoms with Gasteiger partial charge in [-0.05, 0) is 55.9 Å². The number of hydrogen-bond donors (Lipinski definition) is 0. The summed E-state index contributed by atoms with van der Waals surface area (Å²) in [6.07, 6.45) is 11.7. The molecular weight excluding hydrogens is 320 g/mol. The van der Waals surface area contributed by atoms with E-state index in [1.54, 1.807) is 17.7 Å². The Bertz CT molecular complexity index is 734. The molecule has 1 fully saturated rings. The molecule has 1 atom stereocenters. The molecule has 0 aromatic carbocycles. The minimum absolute atomic E-state index is 0.271. The Morgan fingerprint density at radius 2 is 2.08 bits per heavy atom. The maximum atomic E-state index is 11.0. The van der Waals surface area contributed by atoms with Gasteiger partial charge in [0.1, 0.15) is 23.5 Å². The van der Waals surface area contributed by atoms with Gasteiger partial charge in [-0.1, -0.05) is 13.3 Å². The fourth-order valence-electron chi connectivity index (χ4n) is 4.30. The summed E-state index contributed by atoms with van der Waals surface area (Å²) in [4.78, 5) is 22.3. The van der Waals surface area contributed by atoms with Gasteiger partial charge in [0.15, 0.2) is 0 Å². The number of hydrogen-bond acceptors (Lipinski definition) is 5. The predicted octanol–water partition coefficient (Wildman–Crippen LogP) is 4.66. The van der Waals surface area contributed by atoms with E-state index < -0.39 is 0 Å². The molecule has 4 nitrogen and oxygen atoms in total. The zero-order valence-electron chi connectivity index (χ0n) is 14.2. The number of thiophene rings is 1. The third-order valence-electron chi connectivity index (χ3n) is 5.73. The van der Waals surface area contributed by atoms with Crippen LogP contribution in [0.5, 0.6) is 5.88 Å². The van der Waals surface area contributed by atoms with Crippen molar-refractivity contribution in [2.45, 2.75) is 70.3 Å². The van der Waals surface area contributed by atoms with Gasteiger partial charge in [0, 0.05) is 11.3 Å². The molecule has 0 N–H and O–H groups in total. The topological polar surface area (TPSA) is 52.1 Å². The molecule has 4 rings (SSSR count). The van der Waals surface area contributed by atoms with Gasteiger partial charge in [-0.2, -0.15) is 0 Å². The van der Waals surface area contributed by atoms with Crippen molar-refractivity contribution in [2.75, 3.05) is 0 Å². The van der Waals surface area contributed by atoms with E-state index >= 15 is 0 Å². The van der Waals surface area contributed by atoms with Crippen LogP contribution in [0.3, 0.4) is 0 Å². The van der Waals surface area contributed by atoms with Crippen molar-refractivity contribution >= 4 is 27.8 Å². The van der Waals surface area contributed by atoms with Gasteiger partial charge < -0.3 is 9.53 Å². The molecule has 0 bridgehead atoms. The average molecular weight is 344 g/mol. The second kappa shape index (κ2) is 6.79. The zero-order chi connectivity index (χ0) is 16.5. The summed E-state index contributed by atoms with van der Waals surface area (Å²) in [6.45, 7) is 2.28. The SMILES string of the molecule is CCC1CCC(Oc2ncnc3sc4c(c23)C(CC=O)CC4)CC1. The molecule has 2 aromatic heterocycles. The van der Waals surface area contributed by atoms with E-state index in [2.05, 4.69) is 16.9 Å². The molecule has 1 unspecified atom stereocenters. The standard InChI is InChI=1S/C19H24N2O2S/c1-2-12-3-6-14(7-4-12)23-18-17-16-13(9-10-22)5-8-15(16)24-19(17)21-11-20-18/h10-14H,2-9H2,1H3. The van der Waals surface area contributed by atoms with Crippen LogP contribution < -0.4 is 4.74 Å². The minimum atomic E-state index is 0.271. The minimum Gasteiger partial charge on any atom is -0.474 e. The van der Waals surface area contributed by atoms with Crippen LogP contribution in [0, 0.1) is 5.92 Å². The number of rotatable bonds is 5. The maximum Gasteiger partial charge on any atom is 0.225 e. The van der Waals surface area contributed by atoms with Gasteiger partial charge in [-0.15, -0.1) is 11.3 Å². The third kappa shape index (κ3) is 2.83. The highest BCUT2D eigenvalue weighted by Crippen LogP contribution is 2.47. The molecule has 5 heteroatoms. The summed E-state index contributed by atoms with van der Waals surface area (Å²) in [6, 6.07) is 0. The summed E-state index contributed by atoms with van der Waals surface area (Å²) < 4.78 is 6.34. The first kappa shape index (κ1) is 16.0. The lowest BCUT2D eigenvalue weighted by atomic mass is 9.86. The smallest absolute Gasteiger partial charge is 0.225 e. The molecular formula is C19H24N2O2S. The second-order valence-electron chi connectivity index (χ2n) is 7.10. The van der Waals surface area contributed by atoms with Crippen molar-refractivity contribution in [2.24, 2.45) is 5.92 Å². The molecule has 128 valence electrons. The lowest BCUT2D eigenvalue weighted by Crippen LogP contribution is -2.24. The summed E-state index contributed by atoms with van der Waals surface area (Å²) in [5, 5.41) is 1.08. The quantitative estimate of drug-likeness (QED) is 0.740. The van der Waals surface area contributed by atoms with E-state index in [-0.39, 0.29) is 6.10 Å². The predicted molar refractivity (Wildman–Crippen MR) is 95.8 cm³/mol. The van der Waals surface area contributed by atoms with E-state index in [0.29, 0.717) is 12.3 Å². The van der Waals surface area contributed by atoms with E-state index in [0.717, 1.165) is 54.0 Å². The highest BCUT2D eigenvalue weighted by molar-refractivity contribution is 7.19. The molecule has 2 aromatic rings. The Hall–Kier alpha value is -1.49. The Labute approximate surface area is 146 Å². The highest BCUT2D eigenvalue weighted by Gasteiger charge is 2.31. The number of aromatic nitrogens is 2. The average Bonchev–Trinajstić information content (AvgIpc) is 3.16. The number of ether oxygens (including phenoxy) is 1. The van der Waals surface area contributed by atoms with Gasteiger partial charge in [-0.3, -0.25) is 0 Å². The van der Waals surface area contributed by atoms with Crippen molar-refractivity contribution in [3.05, 3.63) is 16.8 Å². The number of aldehydes is 1. The van der Waals surface area contributed by atoms with Gasteiger partial charge in [0.05, 0.1) is 5.39 Å². The molecule has 2 aliphatic rings. The van der Waals surface area contributed by atoms with Crippen molar-refractivity contribution in [1.29, 1.82) is 0 Å². The first-order valence-electron chi connectivity index (χ1n) is 9.16. The summed E-state index contributed by atoms with van der Waals surface area (Å²) >= 11 is 1.75. The number of carbonyl (C=O) groups is 1. The lowest BCUT2D eigenvalue weighted by molar-refractivity contribution is -0.108. The first-order chi connectivity index (χ1) is 11.8. The summed E-state index contributed by atoms with van der Waals surface area (Å²) in [7, 11) is 0. The number of carbonyl (C=O) groups excluding carboxylic acids is 1. The van der Waals surface area contributed by atoms with Crippen molar-refractivity contribution in [1.82, 2.24) is 9.97 Å². The number of nitrogens with zero attached hydrogens (tertiary/aromatic N) is 2. The fraction of sp³-hybridized carbons (Fsp3) is 0.632. The normalized spacial score (nSPS) is 26.5. The largest absolute Gasteiger partial charge is 0.474 e. The van der Waals surface area contributed by atoms with Crippen LogP contribution in [0.4, 0.5) is 0 Å². The maximum absolute atomic E-state index is 11.0. The molecule has 2 heterocycles. The van der Waals surface area contributed by atoms with Crippen LogP contribution in [0.2, 0.25) is 0 Å². The van der Waals surface area contributed by atoms with Gasteiger partial charge in [0.25, 0.3) is 0 Å². The number of aryl methyl sites for hydroxylation is 1. The highest BCUT2D eigenvalue weighted by atomic mass is 32.1. The zero-order valence-corrected chi connectivity index (χ0v) is 15.0. The monoisotopic (exact) mass is 344 g/mol. The molecule has 1 saturated carbocycles. The van der Waals surface area contributed by atoms with E-state index in [1.807, 2.05) is 0 Å². The lowest BCUT2D eigenvalue weighted by Gasteiger charge is -2.28. The van der Waals surface area contributed by atoms with Crippen LogP contribution in [0.25, 0.3) is 10.2 Å². The summed E-state index contributed by atoms with van der Waals surface area (Å²) in [5.41, 5.74) is 1.29. The molecule has 0 amide bonds. The van der Waals surface area contributed by atoms with Gasteiger partial charge >= 0.3 is 0 Å². The van der Waals surface area contributed by atoms with Crippen LogP contribution in [-0.2, 0) is 11.2 Å². The Morgan fingerprint density at radius 3 is 2.83 bits per heavy atom. The Morgan fingerprint density at radius 1 is 1.25 bits per heavy atom. The first-order valence-corrected chi connectivity index (χ1v) is 9.98. The Kier molecular flexibility index (Phi) is 4.53. The molecule has 24 heavy (non-hydrogen) atoms. The van der Waals surface area contributed by atoms with E-state index in [9.17, 15) is 4.79 Å².